The summed E-state index contributed by atoms with van der Waals surface area (Å²) in [6.45, 7) is 6.83. The van der Waals surface area contributed by atoms with Crippen molar-refractivity contribution in [1.82, 2.24) is 0 Å². The molecule has 58 valence electrons. The van der Waals surface area contributed by atoms with Crippen molar-refractivity contribution in [2.24, 2.45) is 5.92 Å². The van der Waals surface area contributed by atoms with E-state index in [-0.39, 0.29) is 5.48 Å². The Morgan fingerprint density at radius 2 is 1.67 bits per heavy atom. The van der Waals surface area contributed by atoms with Crippen LogP contribution in [0.25, 0.3) is 0 Å². The van der Waals surface area contributed by atoms with Gasteiger partial charge < -0.3 is 5.48 Å². The summed E-state index contributed by atoms with van der Waals surface area (Å²) in [6, 6.07) is 0. The van der Waals surface area contributed by atoms with Gasteiger partial charge in [0.25, 0.3) is 0 Å². The van der Waals surface area contributed by atoms with Gasteiger partial charge in [-0.15, -0.1) is 0 Å². The lowest BCUT2D eigenvalue weighted by Gasteiger charge is -2.00. The van der Waals surface area contributed by atoms with E-state index in [1.54, 1.807) is 0 Å². The SMILES string of the molecule is CCCCCC(C)C.O. The van der Waals surface area contributed by atoms with Gasteiger partial charge in [-0.05, 0) is 5.92 Å². The van der Waals surface area contributed by atoms with E-state index >= 15 is 0 Å². The van der Waals surface area contributed by atoms with Gasteiger partial charge >= 0.3 is 0 Å². The second-order valence-electron chi connectivity index (χ2n) is 2.89. The van der Waals surface area contributed by atoms with E-state index in [2.05, 4.69) is 20.8 Å². The van der Waals surface area contributed by atoms with Crippen LogP contribution in [0.1, 0.15) is 46.5 Å². The van der Waals surface area contributed by atoms with Crippen LogP contribution in [0.3, 0.4) is 0 Å². The minimum Gasteiger partial charge on any atom is -0.412 e. The van der Waals surface area contributed by atoms with Crippen molar-refractivity contribution in [1.29, 1.82) is 0 Å². The van der Waals surface area contributed by atoms with Gasteiger partial charge in [0.15, 0.2) is 0 Å². The average Bonchev–Trinajstić information content (AvgIpc) is 1.66. The van der Waals surface area contributed by atoms with E-state index in [1.165, 1.54) is 25.7 Å². The third-order valence-corrected chi connectivity index (χ3v) is 1.39. The third-order valence-electron chi connectivity index (χ3n) is 1.39. The van der Waals surface area contributed by atoms with Crippen LogP contribution in [0.2, 0.25) is 0 Å². The molecule has 0 fully saturated rings. The van der Waals surface area contributed by atoms with Crippen LogP contribution >= 0.6 is 0 Å². The molecular formula is C8H20O. The van der Waals surface area contributed by atoms with Crippen LogP contribution in [-0.4, -0.2) is 5.48 Å². The molecule has 0 radical (unpaired) electrons. The minimum absolute atomic E-state index is 0. The van der Waals surface area contributed by atoms with Crippen molar-refractivity contribution in [3.05, 3.63) is 0 Å². The molecule has 0 aromatic rings. The molecular weight excluding hydrogens is 112 g/mol. The van der Waals surface area contributed by atoms with Gasteiger partial charge in [0.2, 0.25) is 0 Å². The van der Waals surface area contributed by atoms with Crippen LogP contribution in [0, 0.1) is 5.92 Å². The Morgan fingerprint density at radius 1 is 1.11 bits per heavy atom. The Morgan fingerprint density at radius 3 is 2.00 bits per heavy atom. The smallest absolute Gasteiger partial charge is 0.0471 e. The summed E-state index contributed by atoms with van der Waals surface area (Å²) in [6.07, 6.45) is 5.60. The maximum absolute atomic E-state index is 2.29. The van der Waals surface area contributed by atoms with E-state index in [4.69, 9.17) is 0 Å². The lowest BCUT2D eigenvalue weighted by Crippen LogP contribution is -1.85. The van der Waals surface area contributed by atoms with Gasteiger partial charge in [0.1, 0.15) is 0 Å². The summed E-state index contributed by atoms with van der Waals surface area (Å²) < 4.78 is 0. The van der Waals surface area contributed by atoms with E-state index in [0.29, 0.717) is 0 Å². The van der Waals surface area contributed by atoms with E-state index < -0.39 is 0 Å². The largest absolute Gasteiger partial charge is 0.412 e. The van der Waals surface area contributed by atoms with E-state index in [1.807, 2.05) is 0 Å². The number of rotatable bonds is 4. The fourth-order valence-corrected chi connectivity index (χ4v) is 0.803. The van der Waals surface area contributed by atoms with Crippen molar-refractivity contribution < 1.29 is 5.48 Å². The third kappa shape index (κ3) is 11.5. The van der Waals surface area contributed by atoms with Crippen molar-refractivity contribution in [3.63, 3.8) is 0 Å². The van der Waals surface area contributed by atoms with Crippen LogP contribution in [-0.2, 0) is 0 Å². The number of hydrogen-bond donors (Lipinski definition) is 0. The Bertz CT molecular complexity index is 41.8. The Hall–Kier alpha value is -0.0400. The highest BCUT2D eigenvalue weighted by molar-refractivity contribution is 4.44. The first-order chi connectivity index (χ1) is 3.77. The molecule has 1 heteroatoms. The summed E-state index contributed by atoms with van der Waals surface area (Å²) >= 11 is 0. The van der Waals surface area contributed by atoms with Crippen molar-refractivity contribution >= 4 is 0 Å². The molecule has 0 aliphatic carbocycles. The fourth-order valence-electron chi connectivity index (χ4n) is 0.803. The maximum atomic E-state index is 2.29. The lowest BCUT2D eigenvalue weighted by atomic mass is 10.1. The predicted octanol–water partition coefficient (Wildman–Crippen LogP) is 2.40. The fraction of sp³-hybridized carbons (Fsp3) is 1.00. The highest BCUT2D eigenvalue weighted by Crippen LogP contribution is 2.06. The quantitative estimate of drug-likeness (QED) is 0.526. The molecule has 0 aromatic carbocycles. The lowest BCUT2D eigenvalue weighted by molar-refractivity contribution is 0.534. The van der Waals surface area contributed by atoms with Crippen LogP contribution < -0.4 is 0 Å². The monoisotopic (exact) mass is 132 g/mol. The predicted molar refractivity (Wildman–Crippen MR) is 42.6 cm³/mol. The number of hydrogen-bond acceptors (Lipinski definition) is 0. The average molecular weight is 132 g/mol. The molecule has 0 spiro atoms. The Kier molecular flexibility index (Phi) is 10.4. The van der Waals surface area contributed by atoms with Gasteiger partial charge in [-0.1, -0.05) is 46.5 Å². The summed E-state index contributed by atoms with van der Waals surface area (Å²) in [5.74, 6) is 0.904. The van der Waals surface area contributed by atoms with Crippen LogP contribution in [0.5, 0.6) is 0 Å². The van der Waals surface area contributed by atoms with Crippen molar-refractivity contribution in [3.8, 4) is 0 Å². The molecule has 0 amide bonds. The van der Waals surface area contributed by atoms with E-state index in [0.717, 1.165) is 5.92 Å². The molecule has 0 atom stereocenters. The van der Waals surface area contributed by atoms with Crippen LogP contribution in [0.15, 0.2) is 0 Å². The first-order valence-corrected chi connectivity index (χ1v) is 3.77. The van der Waals surface area contributed by atoms with E-state index in [9.17, 15) is 0 Å². The van der Waals surface area contributed by atoms with Gasteiger partial charge in [-0.25, -0.2) is 0 Å². The Balaban J connectivity index is 0. The zero-order chi connectivity index (χ0) is 6.41. The normalized spacial score (nSPS) is 9.33. The first-order valence-electron chi connectivity index (χ1n) is 3.77. The summed E-state index contributed by atoms with van der Waals surface area (Å²) in [7, 11) is 0. The maximum Gasteiger partial charge on any atom is -0.0471 e. The topological polar surface area (TPSA) is 31.5 Å². The molecule has 1 nitrogen and oxygen atoms in total. The zero-order valence-corrected chi connectivity index (χ0v) is 6.91. The van der Waals surface area contributed by atoms with Crippen molar-refractivity contribution in [2.45, 2.75) is 46.5 Å². The molecule has 0 bridgehead atoms. The number of unbranched alkanes of at least 4 members (excludes halogenated alkanes) is 2. The molecule has 0 heterocycles. The molecule has 0 saturated carbocycles. The van der Waals surface area contributed by atoms with Gasteiger partial charge in [0, 0.05) is 0 Å². The highest BCUT2D eigenvalue weighted by atomic mass is 16.0. The molecule has 0 rings (SSSR count). The Labute approximate surface area is 58.8 Å². The standard InChI is InChI=1S/C8H18.H2O/c1-4-5-6-7-8(2)3;/h8H,4-7H2,1-3H3;1H2. The second kappa shape index (κ2) is 7.96. The molecule has 0 aromatic heterocycles. The molecule has 2 N–H and O–H groups in total. The van der Waals surface area contributed by atoms with Gasteiger partial charge in [-0.3, -0.25) is 0 Å². The van der Waals surface area contributed by atoms with Gasteiger partial charge in [0.05, 0.1) is 0 Å². The highest BCUT2D eigenvalue weighted by Gasteiger charge is 1.90. The summed E-state index contributed by atoms with van der Waals surface area (Å²) in [5, 5.41) is 0. The van der Waals surface area contributed by atoms with Crippen LogP contribution in [0.4, 0.5) is 0 Å². The zero-order valence-electron chi connectivity index (χ0n) is 6.91. The second-order valence-corrected chi connectivity index (χ2v) is 2.89. The molecule has 0 aliphatic rings. The molecule has 0 unspecified atom stereocenters. The molecule has 0 aliphatic heterocycles. The molecule has 0 saturated heterocycles. The van der Waals surface area contributed by atoms with Gasteiger partial charge in [-0.2, -0.15) is 0 Å². The minimum atomic E-state index is 0. The summed E-state index contributed by atoms with van der Waals surface area (Å²) in [4.78, 5) is 0. The molecule has 9 heavy (non-hydrogen) atoms. The van der Waals surface area contributed by atoms with Crippen molar-refractivity contribution in [2.75, 3.05) is 0 Å². The first kappa shape index (κ1) is 11.7. The summed E-state index contributed by atoms with van der Waals surface area (Å²) in [5.41, 5.74) is 0.